The molecule has 0 bridgehead atoms. The Balaban J connectivity index is 1.89. The summed E-state index contributed by atoms with van der Waals surface area (Å²) in [5, 5.41) is 3.48. The summed E-state index contributed by atoms with van der Waals surface area (Å²) in [5.74, 6) is 0.251. The second-order valence-corrected chi connectivity index (χ2v) is 5.33. The van der Waals surface area contributed by atoms with E-state index in [0.717, 1.165) is 25.1 Å². The number of rotatable bonds is 4. The molecule has 3 nitrogen and oxygen atoms in total. The van der Waals surface area contributed by atoms with Gasteiger partial charge in [0, 0.05) is 36.3 Å². The second kappa shape index (κ2) is 4.21. The van der Waals surface area contributed by atoms with Crippen molar-refractivity contribution in [3.8, 4) is 0 Å². The van der Waals surface area contributed by atoms with Gasteiger partial charge in [0.2, 0.25) is 0 Å². The highest BCUT2D eigenvalue weighted by molar-refractivity contribution is 5.92. The maximum Gasteiger partial charge on any atom is 0.157 e. The molecule has 1 fully saturated rings. The van der Waals surface area contributed by atoms with Crippen LogP contribution < -0.4 is 5.32 Å². The summed E-state index contributed by atoms with van der Waals surface area (Å²) < 4.78 is 5.68. The molecule has 2 aliphatic carbocycles. The van der Waals surface area contributed by atoms with Crippen LogP contribution in [0.4, 0.5) is 0 Å². The third kappa shape index (κ3) is 2.01. The van der Waals surface area contributed by atoms with E-state index in [9.17, 15) is 4.79 Å². The topological polar surface area (TPSA) is 38.3 Å². The number of carbonyl (C=O) groups is 1. The van der Waals surface area contributed by atoms with Gasteiger partial charge in [0.1, 0.15) is 0 Å². The molecular weight excluding hydrogens is 202 g/mol. The Morgan fingerprint density at radius 1 is 1.50 bits per heavy atom. The number of ether oxygens (including phenoxy) is 1. The largest absolute Gasteiger partial charge is 0.385 e. The Hall–Kier alpha value is -0.830. The summed E-state index contributed by atoms with van der Waals surface area (Å²) in [5.41, 5.74) is 1.28. The summed E-state index contributed by atoms with van der Waals surface area (Å²) in [6.45, 7) is 7.27. The van der Waals surface area contributed by atoms with Crippen LogP contribution in [0.2, 0.25) is 0 Å². The average molecular weight is 223 g/mol. The Bertz CT molecular complexity index is 320. The minimum absolute atomic E-state index is 0.169. The van der Waals surface area contributed by atoms with Crippen LogP contribution in [0.3, 0.4) is 0 Å². The molecule has 1 N–H and O–H groups in total. The lowest BCUT2D eigenvalue weighted by Crippen LogP contribution is -2.60. The number of carbonyl (C=O) groups excluding carboxylic acids is 1. The van der Waals surface area contributed by atoms with Gasteiger partial charge in [0.15, 0.2) is 5.78 Å². The highest BCUT2D eigenvalue weighted by Crippen LogP contribution is 2.43. The van der Waals surface area contributed by atoms with Crippen molar-refractivity contribution in [2.45, 2.75) is 52.2 Å². The van der Waals surface area contributed by atoms with Crippen LogP contribution in [0.5, 0.6) is 0 Å². The zero-order chi connectivity index (χ0) is 11.8. The number of allylic oxidation sites excluding steroid dienone is 2. The second-order valence-electron chi connectivity index (χ2n) is 5.33. The van der Waals surface area contributed by atoms with Crippen molar-refractivity contribution in [1.82, 2.24) is 5.32 Å². The summed E-state index contributed by atoms with van der Waals surface area (Å²) in [4.78, 5) is 11.1. The van der Waals surface area contributed by atoms with E-state index in [1.54, 1.807) is 6.08 Å². The molecule has 0 saturated heterocycles. The lowest BCUT2D eigenvalue weighted by molar-refractivity contribution is -0.114. The van der Waals surface area contributed by atoms with Crippen LogP contribution in [0, 0.1) is 5.41 Å². The Morgan fingerprint density at radius 3 is 2.75 bits per heavy atom. The molecule has 0 aromatic rings. The van der Waals surface area contributed by atoms with Crippen molar-refractivity contribution in [2.75, 3.05) is 6.61 Å². The molecule has 0 amide bonds. The van der Waals surface area contributed by atoms with E-state index in [-0.39, 0.29) is 11.2 Å². The average Bonchev–Trinajstić information content (AvgIpc) is 2.63. The molecule has 2 rings (SSSR count). The maximum absolute atomic E-state index is 11.1. The third-order valence-electron chi connectivity index (χ3n) is 3.88. The van der Waals surface area contributed by atoms with Crippen molar-refractivity contribution in [3.63, 3.8) is 0 Å². The van der Waals surface area contributed by atoms with E-state index in [4.69, 9.17) is 4.74 Å². The Morgan fingerprint density at radius 2 is 2.25 bits per heavy atom. The summed E-state index contributed by atoms with van der Waals surface area (Å²) >= 11 is 0. The predicted octanol–water partition coefficient (Wildman–Crippen LogP) is 2.03. The van der Waals surface area contributed by atoms with Gasteiger partial charge in [0.25, 0.3) is 0 Å². The quantitative estimate of drug-likeness (QED) is 0.792. The van der Waals surface area contributed by atoms with Gasteiger partial charge in [-0.25, -0.2) is 0 Å². The maximum atomic E-state index is 11.1. The molecule has 0 heterocycles. The number of ketones is 1. The van der Waals surface area contributed by atoms with E-state index in [1.165, 1.54) is 0 Å². The first-order chi connectivity index (χ1) is 7.54. The van der Waals surface area contributed by atoms with Gasteiger partial charge in [0.05, 0.1) is 6.10 Å². The minimum Gasteiger partial charge on any atom is -0.385 e. The van der Waals surface area contributed by atoms with E-state index >= 15 is 0 Å². The predicted molar refractivity (Wildman–Crippen MR) is 63.1 cm³/mol. The van der Waals surface area contributed by atoms with Crippen LogP contribution in [-0.4, -0.2) is 24.5 Å². The number of hydrogen-bond donors (Lipinski definition) is 1. The Labute approximate surface area is 97.2 Å². The summed E-state index contributed by atoms with van der Waals surface area (Å²) in [7, 11) is 0. The van der Waals surface area contributed by atoms with Gasteiger partial charge in [-0.15, -0.1) is 0 Å². The van der Waals surface area contributed by atoms with Crippen LogP contribution in [0.25, 0.3) is 0 Å². The number of nitrogens with one attached hydrogen (secondary N) is 1. The van der Waals surface area contributed by atoms with Crippen LogP contribution >= 0.6 is 0 Å². The molecule has 2 unspecified atom stereocenters. The fourth-order valence-electron chi connectivity index (χ4n) is 2.55. The van der Waals surface area contributed by atoms with Gasteiger partial charge in [-0.3, -0.25) is 4.79 Å². The first-order valence-corrected chi connectivity index (χ1v) is 6.15. The zero-order valence-corrected chi connectivity index (χ0v) is 10.4. The molecule has 2 atom stereocenters. The molecule has 0 aromatic carbocycles. The summed E-state index contributed by atoms with van der Waals surface area (Å²) in [6, 6.07) is 0.446. The third-order valence-corrected chi connectivity index (χ3v) is 3.88. The highest BCUT2D eigenvalue weighted by Gasteiger charge is 2.49. The van der Waals surface area contributed by atoms with Crippen LogP contribution in [-0.2, 0) is 9.53 Å². The van der Waals surface area contributed by atoms with Gasteiger partial charge in [-0.05, 0) is 19.8 Å². The van der Waals surface area contributed by atoms with E-state index < -0.39 is 0 Å². The molecule has 0 spiro atoms. The van der Waals surface area contributed by atoms with E-state index in [0.29, 0.717) is 18.6 Å². The van der Waals surface area contributed by atoms with E-state index in [1.807, 2.05) is 6.92 Å². The smallest absolute Gasteiger partial charge is 0.157 e. The van der Waals surface area contributed by atoms with Crippen molar-refractivity contribution in [3.05, 3.63) is 11.8 Å². The van der Waals surface area contributed by atoms with Crippen LogP contribution in [0.1, 0.15) is 40.0 Å². The van der Waals surface area contributed by atoms with Crippen LogP contribution in [0.15, 0.2) is 11.8 Å². The molecule has 0 aromatic heterocycles. The normalized spacial score (nSPS) is 32.2. The molecule has 0 aliphatic heterocycles. The molecule has 90 valence electrons. The molecular formula is C13H21NO2. The molecule has 16 heavy (non-hydrogen) atoms. The standard InChI is InChI=1S/C13H21NO2/c1-4-16-12-8-11(13(12,2)3)14-9-5-6-10(15)7-9/h7,11-12,14H,4-6,8H2,1-3H3. The first kappa shape index (κ1) is 11.6. The minimum atomic E-state index is 0.169. The number of hydrogen-bond acceptors (Lipinski definition) is 3. The summed E-state index contributed by atoms with van der Waals surface area (Å²) in [6.07, 6.45) is 4.71. The van der Waals surface area contributed by atoms with Crippen molar-refractivity contribution >= 4 is 5.78 Å². The van der Waals surface area contributed by atoms with E-state index in [2.05, 4.69) is 19.2 Å². The molecule has 0 radical (unpaired) electrons. The fourth-order valence-corrected chi connectivity index (χ4v) is 2.55. The lowest BCUT2D eigenvalue weighted by atomic mass is 9.64. The van der Waals surface area contributed by atoms with Crippen molar-refractivity contribution in [1.29, 1.82) is 0 Å². The van der Waals surface area contributed by atoms with Gasteiger partial charge < -0.3 is 10.1 Å². The van der Waals surface area contributed by atoms with Gasteiger partial charge >= 0.3 is 0 Å². The molecule has 2 aliphatic rings. The van der Waals surface area contributed by atoms with Gasteiger partial charge in [-0.2, -0.15) is 0 Å². The molecule has 3 heteroatoms. The van der Waals surface area contributed by atoms with Crippen molar-refractivity contribution in [2.24, 2.45) is 5.41 Å². The zero-order valence-electron chi connectivity index (χ0n) is 10.4. The molecule has 1 saturated carbocycles. The lowest BCUT2D eigenvalue weighted by Gasteiger charge is -2.52. The van der Waals surface area contributed by atoms with Gasteiger partial charge in [-0.1, -0.05) is 13.8 Å². The SMILES string of the molecule is CCOC1CC(NC2=CC(=O)CC2)C1(C)C. The first-order valence-electron chi connectivity index (χ1n) is 6.15. The van der Waals surface area contributed by atoms with Crippen molar-refractivity contribution < 1.29 is 9.53 Å². The monoisotopic (exact) mass is 223 g/mol. The highest BCUT2D eigenvalue weighted by atomic mass is 16.5. The fraction of sp³-hybridized carbons (Fsp3) is 0.769. The Kier molecular flexibility index (Phi) is 3.06.